The molecule has 2 rings (SSSR count). The summed E-state index contributed by atoms with van der Waals surface area (Å²) >= 11 is 0. The molecule has 0 aliphatic rings. The molecule has 1 aromatic heterocycles. The van der Waals surface area contributed by atoms with Gasteiger partial charge in [-0.3, -0.25) is 9.78 Å². The van der Waals surface area contributed by atoms with Crippen LogP contribution in [0.2, 0.25) is 0 Å². The molecule has 1 atom stereocenters. The molecule has 27 heavy (non-hydrogen) atoms. The summed E-state index contributed by atoms with van der Waals surface area (Å²) in [6.45, 7) is 6.21. The van der Waals surface area contributed by atoms with Crippen LogP contribution < -0.4 is 10.0 Å². The van der Waals surface area contributed by atoms with Gasteiger partial charge in [0.2, 0.25) is 15.9 Å². The second-order valence-electron chi connectivity index (χ2n) is 6.88. The maximum atomic E-state index is 12.7. The van der Waals surface area contributed by atoms with Crippen molar-refractivity contribution in [2.45, 2.75) is 51.1 Å². The number of hydrogen-bond acceptors (Lipinski definition) is 4. The van der Waals surface area contributed by atoms with E-state index >= 15 is 0 Å². The molecule has 0 spiro atoms. The van der Waals surface area contributed by atoms with Gasteiger partial charge in [-0.2, -0.15) is 4.72 Å². The first-order valence-electron chi connectivity index (χ1n) is 9.09. The molecule has 2 aromatic rings. The molecule has 1 heterocycles. The largest absolute Gasteiger partial charge is 0.351 e. The first-order chi connectivity index (χ1) is 12.8. The summed E-state index contributed by atoms with van der Waals surface area (Å²) in [7, 11) is -3.78. The van der Waals surface area contributed by atoms with Crippen molar-refractivity contribution in [1.82, 2.24) is 15.0 Å². The third-order valence-corrected chi connectivity index (χ3v) is 5.64. The molecule has 146 valence electrons. The quantitative estimate of drug-likeness (QED) is 0.690. The average Bonchev–Trinajstić information content (AvgIpc) is 2.66. The van der Waals surface area contributed by atoms with E-state index in [-0.39, 0.29) is 16.7 Å². The average molecular weight is 390 g/mol. The van der Waals surface area contributed by atoms with Crippen LogP contribution in [0.25, 0.3) is 0 Å². The second kappa shape index (κ2) is 9.62. The number of benzene rings is 1. The first kappa shape index (κ1) is 21.1. The van der Waals surface area contributed by atoms with Crippen LogP contribution in [-0.4, -0.2) is 25.4 Å². The first-order valence-corrected chi connectivity index (χ1v) is 10.6. The van der Waals surface area contributed by atoms with Crippen LogP contribution >= 0.6 is 0 Å². The van der Waals surface area contributed by atoms with Gasteiger partial charge in [0, 0.05) is 18.9 Å². The van der Waals surface area contributed by atoms with Crippen molar-refractivity contribution in [2.24, 2.45) is 5.92 Å². The van der Waals surface area contributed by atoms with E-state index in [1.807, 2.05) is 26.8 Å². The lowest BCUT2D eigenvalue weighted by Gasteiger charge is -2.20. The predicted octanol–water partition coefficient (Wildman–Crippen LogP) is 2.65. The number of carbonyl (C=O) groups is 1. The Morgan fingerprint density at radius 3 is 2.37 bits per heavy atom. The number of aromatic nitrogens is 1. The molecule has 0 bridgehead atoms. The minimum Gasteiger partial charge on any atom is -0.351 e. The topological polar surface area (TPSA) is 88.2 Å². The summed E-state index contributed by atoms with van der Waals surface area (Å²) in [6, 6.07) is 9.52. The smallest absolute Gasteiger partial charge is 0.241 e. The molecule has 0 aliphatic carbocycles. The van der Waals surface area contributed by atoms with Crippen LogP contribution in [0, 0.1) is 5.92 Å². The van der Waals surface area contributed by atoms with Gasteiger partial charge in [0.25, 0.3) is 0 Å². The van der Waals surface area contributed by atoms with Crippen LogP contribution in [0.1, 0.15) is 38.3 Å². The lowest BCUT2D eigenvalue weighted by atomic mass is 10.0. The van der Waals surface area contributed by atoms with Gasteiger partial charge < -0.3 is 5.32 Å². The minimum absolute atomic E-state index is 0.157. The van der Waals surface area contributed by atoms with Crippen molar-refractivity contribution in [3.63, 3.8) is 0 Å². The molecular formula is C20H27N3O3S. The van der Waals surface area contributed by atoms with Crippen molar-refractivity contribution in [2.75, 3.05) is 0 Å². The van der Waals surface area contributed by atoms with Crippen molar-refractivity contribution >= 4 is 15.9 Å². The minimum atomic E-state index is -3.78. The molecule has 0 unspecified atom stereocenters. The Labute approximate surface area is 161 Å². The Bertz CT molecular complexity index is 835. The number of hydrogen-bond donors (Lipinski definition) is 2. The second-order valence-corrected chi connectivity index (χ2v) is 8.59. The number of nitrogens with one attached hydrogen (secondary N) is 2. The van der Waals surface area contributed by atoms with Crippen molar-refractivity contribution < 1.29 is 13.2 Å². The summed E-state index contributed by atoms with van der Waals surface area (Å²) < 4.78 is 28.0. The van der Waals surface area contributed by atoms with Crippen LogP contribution in [-0.2, 0) is 27.8 Å². The highest BCUT2D eigenvalue weighted by Gasteiger charge is 2.26. The van der Waals surface area contributed by atoms with Gasteiger partial charge in [0.05, 0.1) is 4.90 Å². The Kier molecular flexibility index (Phi) is 7.50. The van der Waals surface area contributed by atoms with E-state index in [1.54, 1.807) is 42.7 Å². The fourth-order valence-corrected chi connectivity index (χ4v) is 3.86. The molecule has 0 fully saturated rings. The Morgan fingerprint density at radius 1 is 1.11 bits per heavy atom. The number of nitrogens with zero attached hydrogens (tertiary/aromatic N) is 1. The van der Waals surface area contributed by atoms with E-state index in [2.05, 4.69) is 15.0 Å². The molecule has 2 N–H and O–H groups in total. The molecule has 7 heteroatoms. The molecule has 0 aliphatic heterocycles. The van der Waals surface area contributed by atoms with Crippen molar-refractivity contribution in [3.05, 3.63) is 59.9 Å². The molecule has 0 saturated carbocycles. The number of aryl methyl sites for hydroxylation is 1. The standard InChI is InChI=1S/C20H27N3O3S/c1-4-16-7-9-18(10-8-16)27(25,26)23-19(12-15(2)3)20(24)22-14-17-6-5-11-21-13-17/h5-11,13,15,19,23H,4,12,14H2,1-3H3,(H,22,24)/t19-/m1/s1. The van der Waals surface area contributed by atoms with Crippen molar-refractivity contribution in [1.29, 1.82) is 0 Å². The van der Waals surface area contributed by atoms with Crippen LogP contribution in [0.15, 0.2) is 53.7 Å². The van der Waals surface area contributed by atoms with E-state index in [9.17, 15) is 13.2 Å². The van der Waals surface area contributed by atoms with Crippen molar-refractivity contribution in [3.8, 4) is 0 Å². The fraction of sp³-hybridized carbons (Fsp3) is 0.400. The maximum Gasteiger partial charge on any atom is 0.241 e. The van der Waals surface area contributed by atoms with E-state index in [0.717, 1.165) is 17.5 Å². The monoisotopic (exact) mass is 389 g/mol. The number of sulfonamides is 1. The lowest BCUT2D eigenvalue weighted by molar-refractivity contribution is -0.123. The summed E-state index contributed by atoms with van der Waals surface area (Å²) in [6.07, 6.45) is 4.56. The number of carbonyl (C=O) groups excluding carboxylic acids is 1. The molecular weight excluding hydrogens is 362 g/mol. The molecule has 6 nitrogen and oxygen atoms in total. The van der Waals surface area contributed by atoms with Gasteiger partial charge in [0.1, 0.15) is 6.04 Å². The Hall–Kier alpha value is -2.25. The molecule has 0 radical (unpaired) electrons. The van der Waals surface area contributed by atoms with Gasteiger partial charge in [-0.1, -0.05) is 39.0 Å². The maximum absolute atomic E-state index is 12.7. The zero-order valence-electron chi connectivity index (χ0n) is 16.0. The zero-order valence-corrected chi connectivity index (χ0v) is 16.8. The van der Waals surface area contributed by atoms with Gasteiger partial charge in [-0.05, 0) is 48.1 Å². The van der Waals surface area contributed by atoms with E-state index in [1.165, 1.54) is 0 Å². The van der Waals surface area contributed by atoms with E-state index < -0.39 is 16.1 Å². The summed E-state index contributed by atoms with van der Waals surface area (Å²) in [5.41, 5.74) is 1.91. The summed E-state index contributed by atoms with van der Waals surface area (Å²) in [5, 5.41) is 2.79. The van der Waals surface area contributed by atoms with Crippen LogP contribution in [0.3, 0.4) is 0 Å². The van der Waals surface area contributed by atoms with E-state index in [4.69, 9.17) is 0 Å². The van der Waals surface area contributed by atoms with Crippen LogP contribution in [0.4, 0.5) is 0 Å². The van der Waals surface area contributed by atoms with E-state index in [0.29, 0.717) is 13.0 Å². The predicted molar refractivity (Wildman–Crippen MR) is 105 cm³/mol. The third-order valence-electron chi connectivity index (χ3n) is 4.15. The number of rotatable bonds is 9. The Morgan fingerprint density at radius 2 is 1.81 bits per heavy atom. The third kappa shape index (κ3) is 6.45. The molecule has 1 amide bonds. The lowest BCUT2D eigenvalue weighted by Crippen LogP contribution is -2.47. The molecule has 1 aromatic carbocycles. The van der Waals surface area contributed by atoms with Gasteiger partial charge >= 0.3 is 0 Å². The highest BCUT2D eigenvalue weighted by atomic mass is 32.2. The number of pyridine rings is 1. The summed E-state index contributed by atoms with van der Waals surface area (Å²) in [5.74, 6) is -0.189. The highest BCUT2D eigenvalue weighted by Crippen LogP contribution is 2.14. The highest BCUT2D eigenvalue weighted by molar-refractivity contribution is 7.89. The SMILES string of the molecule is CCc1ccc(S(=O)(=O)N[C@H](CC(C)C)C(=O)NCc2cccnc2)cc1. The molecule has 0 saturated heterocycles. The van der Waals surface area contributed by atoms with Gasteiger partial charge in [0.15, 0.2) is 0 Å². The van der Waals surface area contributed by atoms with Gasteiger partial charge in [-0.15, -0.1) is 0 Å². The summed E-state index contributed by atoms with van der Waals surface area (Å²) in [4.78, 5) is 16.8. The normalized spacial score (nSPS) is 12.7. The van der Waals surface area contributed by atoms with Crippen LogP contribution in [0.5, 0.6) is 0 Å². The zero-order chi connectivity index (χ0) is 19.9. The number of amides is 1. The Balaban J connectivity index is 2.10. The van der Waals surface area contributed by atoms with Gasteiger partial charge in [-0.25, -0.2) is 8.42 Å². The fourth-order valence-electron chi connectivity index (χ4n) is 2.65.